The average Bonchev–Trinajstić information content (AvgIpc) is 2.69. The third-order valence-corrected chi connectivity index (χ3v) is 3.66. The summed E-state index contributed by atoms with van der Waals surface area (Å²) < 4.78 is 11.0. The number of ether oxygens (including phenoxy) is 2. The number of nitrogens with one attached hydrogen (secondary N) is 1. The molecule has 0 bridgehead atoms. The molecular weight excluding hydrogens is 326 g/mol. The van der Waals surface area contributed by atoms with Crippen LogP contribution in [0.2, 0.25) is 0 Å². The van der Waals surface area contributed by atoms with E-state index >= 15 is 0 Å². The first kappa shape index (κ1) is 17.3. The van der Waals surface area contributed by atoms with Crippen molar-refractivity contribution < 1.29 is 14.3 Å². The molecule has 0 aliphatic heterocycles. The van der Waals surface area contributed by atoms with Crippen LogP contribution in [0.5, 0.6) is 17.2 Å². The topological polar surface area (TPSA) is 47.6 Å². The van der Waals surface area contributed by atoms with Gasteiger partial charge in [-0.1, -0.05) is 42.5 Å². The normalized spacial score (nSPS) is 10.5. The Labute approximate surface area is 152 Å². The highest BCUT2D eigenvalue weighted by Crippen LogP contribution is 2.29. The van der Waals surface area contributed by atoms with Gasteiger partial charge in [-0.25, -0.2) is 0 Å². The molecule has 1 N–H and O–H groups in total. The molecule has 0 aliphatic rings. The molecule has 0 fully saturated rings. The molecule has 0 saturated carbocycles. The van der Waals surface area contributed by atoms with E-state index in [0.29, 0.717) is 17.2 Å². The number of hydrogen-bond acceptors (Lipinski definition) is 3. The molecule has 130 valence electrons. The van der Waals surface area contributed by atoms with Crippen LogP contribution in [0.1, 0.15) is 5.56 Å². The first-order valence-electron chi connectivity index (χ1n) is 8.19. The van der Waals surface area contributed by atoms with Gasteiger partial charge in [0.25, 0.3) is 0 Å². The number of benzene rings is 3. The first-order chi connectivity index (χ1) is 12.7. The molecule has 0 heterocycles. The third kappa shape index (κ3) is 4.74. The monoisotopic (exact) mass is 345 g/mol. The number of carbonyl (C=O) groups excluding carboxylic acids is 1. The molecule has 0 saturated heterocycles. The van der Waals surface area contributed by atoms with Gasteiger partial charge >= 0.3 is 0 Å². The summed E-state index contributed by atoms with van der Waals surface area (Å²) in [5.74, 6) is 1.84. The van der Waals surface area contributed by atoms with Crippen molar-refractivity contribution in [2.24, 2.45) is 0 Å². The average molecular weight is 345 g/mol. The van der Waals surface area contributed by atoms with Gasteiger partial charge in [0, 0.05) is 6.08 Å². The summed E-state index contributed by atoms with van der Waals surface area (Å²) in [5.41, 5.74) is 1.52. The van der Waals surface area contributed by atoms with Gasteiger partial charge in [0.15, 0.2) is 5.75 Å². The Balaban J connectivity index is 1.68. The summed E-state index contributed by atoms with van der Waals surface area (Å²) >= 11 is 0. The number of anilines is 1. The third-order valence-electron chi connectivity index (χ3n) is 3.66. The molecule has 3 rings (SSSR count). The number of carbonyl (C=O) groups is 1. The van der Waals surface area contributed by atoms with Crippen molar-refractivity contribution in [3.63, 3.8) is 0 Å². The van der Waals surface area contributed by atoms with Gasteiger partial charge in [0.05, 0.1) is 12.8 Å². The van der Waals surface area contributed by atoms with Crippen LogP contribution in [0.15, 0.2) is 84.9 Å². The van der Waals surface area contributed by atoms with E-state index in [2.05, 4.69) is 5.32 Å². The lowest BCUT2D eigenvalue weighted by Gasteiger charge is -2.11. The Hall–Kier alpha value is -3.53. The van der Waals surface area contributed by atoms with E-state index in [9.17, 15) is 4.79 Å². The molecule has 0 radical (unpaired) electrons. The van der Waals surface area contributed by atoms with E-state index in [-0.39, 0.29) is 5.91 Å². The Kier molecular flexibility index (Phi) is 5.68. The van der Waals surface area contributed by atoms with Gasteiger partial charge in [-0.15, -0.1) is 0 Å². The van der Waals surface area contributed by atoms with Crippen LogP contribution in [0, 0.1) is 0 Å². The van der Waals surface area contributed by atoms with Gasteiger partial charge < -0.3 is 14.8 Å². The van der Waals surface area contributed by atoms with E-state index < -0.39 is 0 Å². The number of hydrogen-bond donors (Lipinski definition) is 1. The quantitative estimate of drug-likeness (QED) is 0.629. The zero-order valence-corrected chi connectivity index (χ0v) is 14.4. The summed E-state index contributed by atoms with van der Waals surface area (Å²) in [5, 5.41) is 2.85. The van der Waals surface area contributed by atoms with E-state index in [4.69, 9.17) is 9.47 Å². The molecule has 3 aromatic carbocycles. The van der Waals surface area contributed by atoms with E-state index in [1.165, 1.54) is 6.08 Å². The predicted molar refractivity (Wildman–Crippen MR) is 104 cm³/mol. The second-order valence-electron chi connectivity index (χ2n) is 5.51. The number of methoxy groups -OCH3 is 1. The van der Waals surface area contributed by atoms with Crippen LogP contribution >= 0.6 is 0 Å². The van der Waals surface area contributed by atoms with E-state index in [0.717, 1.165) is 11.3 Å². The van der Waals surface area contributed by atoms with Crippen LogP contribution in [0.4, 0.5) is 5.69 Å². The fourth-order valence-electron chi connectivity index (χ4n) is 2.34. The van der Waals surface area contributed by atoms with Gasteiger partial charge in [-0.2, -0.15) is 0 Å². The lowest BCUT2D eigenvalue weighted by molar-refractivity contribution is -0.111. The van der Waals surface area contributed by atoms with Crippen molar-refractivity contribution in [2.45, 2.75) is 0 Å². The van der Waals surface area contributed by atoms with Gasteiger partial charge in [0.2, 0.25) is 5.91 Å². The highest BCUT2D eigenvalue weighted by Gasteiger charge is 2.06. The highest BCUT2D eigenvalue weighted by molar-refractivity contribution is 6.02. The molecule has 0 aromatic heterocycles. The highest BCUT2D eigenvalue weighted by atomic mass is 16.5. The summed E-state index contributed by atoms with van der Waals surface area (Å²) in [7, 11) is 1.62. The molecular formula is C22H19NO3. The van der Waals surface area contributed by atoms with E-state index in [1.807, 2.05) is 72.8 Å². The van der Waals surface area contributed by atoms with Gasteiger partial charge in [-0.05, 0) is 48.0 Å². The fraction of sp³-hybridized carbons (Fsp3) is 0.0455. The Morgan fingerprint density at radius 2 is 1.54 bits per heavy atom. The minimum absolute atomic E-state index is 0.232. The first-order valence-corrected chi connectivity index (χ1v) is 8.19. The predicted octanol–water partition coefficient (Wildman–Crippen LogP) is 5.14. The van der Waals surface area contributed by atoms with Crippen LogP contribution < -0.4 is 14.8 Å². The van der Waals surface area contributed by atoms with Crippen molar-refractivity contribution in [1.29, 1.82) is 0 Å². The van der Waals surface area contributed by atoms with Crippen LogP contribution in [0.25, 0.3) is 6.08 Å². The molecule has 26 heavy (non-hydrogen) atoms. The largest absolute Gasteiger partial charge is 0.497 e. The second-order valence-corrected chi connectivity index (χ2v) is 5.51. The van der Waals surface area contributed by atoms with Crippen LogP contribution in [0.3, 0.4) is 0 Å². The van der Waals surface area contributed by atoms with Crippen molar-refractivity contribution in [2.75, 3.05) is 12.4 Å². The molecule has 3 aromatic rings. The number of rotatable bonds is 6. The van der Waals surface area contributed by atoms with Gasteiger partial charge in [0.1, 0.15) is 11.5 Å². The summed E-state index contributed by atoms with van der Waals surface area (Å²) in [6.07, 6.45) is 3.23. The lowest BCUT2D eigenvalue weighted by atomic mass is 10.2. The molecule has 0 spiro atoms. The van der Waals surface area contributed by atoms with Crippen LogP contribution in [-0.4, -0.2) is 13.0 Å². The van der Waals surface area contributed by atoms with Crippen molar-refractivity contribution >= 4 is 17.7 Å². The zero-order chi connectivity index (χ0) is 18.2. The van der Waals surface area contributed by atoms with Crippen molar-refractivity contribution in [3.05, 3.63) is 90.5 Å². The Morgan fingerprint density at radius 1 is 0.846 bits per heavy atom. The zero-order valence-electron chi connectivity index (χ0n) is 14.4. The SMILES string of the molecule is COc1ccc(/C=C/C(=O)Nc2ccccc2Oc2ccccc2)cc1. The summed E-state index contributed by atoms with van der Waals surface area (Å²) in [6, 6.07) is 24.2. The molecule has 0 aliphatic carbocycles. The van der Waals surface area contributed by atoms with Crippen LogP contribution in [-0.2, 0) is 4.79 Å². The molecule has 0 unspecified atom stereocenters. The molecule has 4 heteroatoms. The maximum Gasteiger partial charge on any atom is 0.248 e. The Bertz CT molecular complexity index is 887. The standard InChI is InChI=1S/C22H19NO3/c1-25-18-14-11-17(12-15-18)13-16-22(24)23-20-9-5-6-10-21(20)26-19-7-3-2-4-8-19/h2-16H,1H3,(H,23,24)/b16-13+. The maximum atomic E-state index is 12.2. The number of para-hydroxylation sites is 3. The smallest absolute Gasteiger partial charge is 0.248 e. The van der Waals surface area contributed by atoms with Crippen molar-refractivity contribution in [1.82, 2.24) is 0 Å². The van der Waals surface area contributed by atoms with E-state index in [1.54, 1.807) is 19.3 Å². The summed E-state index contributed by atoms with van der Waals surface area (Å²) in [6.45, 7) is 0. The lowest BCUT2D eigenvalue weighted by Crippen LogP contribution is -2.08. The fourth-order valence-corrected chi connectivity index (χ4v) is 2.34. The second kappa shape index (κ2) is 8.53. The minimum Gasteiger partial charge on any atom is -0.497 e. The van der Waals surface area contributed by atoms with Gasteiger partial charge in [-0.3, -0.25) is 4.79 Å². The number of amides is 1. The summed E-state index contributed by atoms with van der Waals surface area (Å²) in [4.78, 5) is 12.2. The molecule has 4 nitrogen and oxygen atoms in total. The van der Waals surface area contributed by atoms with Crippen molar-refractivity contribution in [3.8, 4) is 17.2 Å². The maximum absolute atomic E-state index is 12.2. The Morgan fingerprint density at radius 3 is 2.27 bits per heavy atom. The minimum atomic E-state index is -0.232. The molecule has 1 amide bonds. The molecule has 0 atom stereocenters.